The number of anilines is 1. The van der Waals surface area contributed by atoms with E-state index < -0.39 is 0 Å². The van der Waals surface area contributed by atoms with Gasteiger partial charge in [-0.1, -0.05) is 41.9 Å². The molecule has 2 amide bonds. The van der Waals surface area contributed by atoms with Crippen molar-refractivity contribution in [1.29, 1.82) is 0 Å². The van der Waals surface area contributed by atoms with Gasteiger partial charge in [-0.05, 0) is 72.3 Å². The number of para-hydroxylation sites is 1. The molecule has 0 radical (unpaired) electrons. The summed E-state index contributed by atoms with van der Waals surface area (Å²) in [5.74, 6) is 0.328. The van der Waals surface area contributed by atoms with Crippen molar-refractivity contribution >= 4 is 57.8 Å². The molecule has 35 heavy (non-hydrogen) atoms. The number of halogens is 1. The highest BCUT2D eigenvalue weighted by molar-refractivity contribution is 8.18. The van der Waals surface area contributed by atoms with E-state index in [9.17, 15) is 9.59 Å². The van der Waals surface area contributed by atoms with E-state index in [1.807, 2.05) is 31.2 Å². The van der Waals surface area contributed by atoms with Gasteiger partial charge in [-0.25, -0.2) is 4.99 Å². The number of nitrogens with zero attached hydrogens (tertiary/aromatic N) is 1. The van der Waals surface area contributed by atoms with Gasteiger partial charge in [-0.3, -0.25) is 9.59 Å². The van der Waals surface area contributed by atoms with Gasteiger partial charge in [0.05, 0.1) is 17.7 Å². The molecule has 0 aromatic heterocycles. The number of ether oxygens (including phenoxy) is 2. The van der Waals surface area contributed by atoms with Crippen molar-refractivity contribution in [1.82, 2.24) is 5.32 Å². The Morgan fingerprint density at radius 3 is 2.69 bits per heavy atom. The standard InChI is InChI=1S/C26H22ClN3O4S/c1-16-8-10-18(27)14-20(16)29-26-30-25(32)23(35-26)13-17-9-11-21(22(12-17)33-2)34-15-24(31)28-19-6-4-3-5-7-19/h3-14H,15H2,1-2H3,(H,28,31)(H,29,30,32)/b23-13-. The summed E-state index contributed by atoms with van der Waals surface area (Å²) >= 11 is 7.30. The monoisotopic (exact) mass is 507 g/mol. The first kappa shape index (κ1) is 24.4. The largest absolute Gasteiger partial charge is 0.493 e. The average molecular weight is 508 g/mol. The molecule has 4 rings (SSSR count). The van der Waals surface area contributed by atoms with Crippen LogP contribution >= 0.6 is 23.4 Å². The molecule has 178 valence electrons. The van der Waals surface area contributed by atoms with Crippen LogP contribution in [0, 0.1) is 6.92 Å². The van der Waals surface area contributed by atoms with E-state index in [1.165, 1.54) is 18.9 Å². The van der Waals surface area contributed by atoms with Crippen LogP contribution in [0.2, 0.25) is 5.02 Å². The third kappa shape index (κ3) is 6.44. The number of methoxy groups -OCH3 is 1. The lowest BCUT2D eigenvalue weighted by Gasteiger charge is -2.11. The summed E-state index contributed by atoms with van der Waals surface area (Å²) < 4.78 is 11.1. The lowest BCUT2D eigenvalue weighted by molar-refractivity contribution is -0.118. The number of aryl methyl sites for hydroxylation is 1. The first-order chi connectivity index (χ1) is 16.9. The Hall–Kier alpha value is -3.75. The summed E-state index contributed by atoms with van der Waals surface area (Å²) in [7, 11) is 1.51. The number of aliphatic imine (C=N–C) groups is 1. The third-order valence-electron chi connectivity index (χ3n) is 4.95. The van der Waals surface area contributed by atoms with E-state index in [-0.39, 0.29) is 18.4 Å². The topological polar surface area (TPSA) is 89.0 Å². The summed E-state index contributed by atoms with van der Waals surface area (Å²) in [5.41, 5.74) is 3.07. The Balaban J connectivity index is 1.44. The van der Waals surface area contributed by atoms with E-state index in [2.05, 4.69) is 15.6 Å². The van der Waals surface area contributed by atoms with Crippen molar-refractivity contribution in [3.8, 4) is 11.5 Å². The Bertz CT molecular complexity index is 1330. The van der Waals surface area contributed by atoms with E-state index in [1.54, 1.807) is 48.5 Å². The van der Waals surface area contributed by atoms with Gasteiger partial charge >= 0.3 is 0 Å². The predicted molar refractivity (Wildman–Crippen MR) is 141 cm³/mol. The molecule has 1 aliphatic heterocycles. The second kappa shape index (κ2) is 11.1. The van der Waals surface area contributed by atoms with Crippen molar-refractivity contribution in [2.24, 2.45) is 4.99 Å². The van der Waals surface area contributed by atoms with Crippen molar-refractivity contribution in [3.63, 3.8) is 0 Å². The lowest BCUT2D eigenvalue weighted by Crippen LogP contribution is -2.20. The summed E-state index contributed by atoms with van der Waals surface area (Å²) in [6, 6.07) is 19.8. The van der Waals surface area contributed by atoms with Crippen LogP contribution in [-0.2, 0) is 9.59 Å². The first-order valence-electron chi connectivity index (χ1n) is 10.6. The molecule has 3 aromatic rings. The summed E-state index contributed by atoms with van der Waals surface area (Å²) in [6.07, 6.45) is 1.74. The number of nitrogens with one attached hydrogen (secondary N) is 2. The second-order valence-corrected chi connectivity index (χ2v) is 8.99. The number of hydrogen-bond donors (Lipinski definition) is 2. The molecule has 3 aromatic carbocycles. The number of amidine groups is 1. The number of hydrogen-bond acceptors (Lipinski definition) is 6. The zero-order valence-electron chi connectivity index (χ0n) is 19.0. The maximum Gasteiger partial charge on any atom is 0.264 e. The fraction of sp³-hybridized carbons (Fsp3) is 0.115. The summed E-state index contributed by atoms with van der Waals surface area (Å²) in [4.78, 5) is 29.6. The van der Waals surface area contributed by atoms with Crippen molar-refractivity contribution in [2.75, 3.05) is 19.0 Å². The molecule has 2 N–H and O–H groups in total. The molecule has 0 atom stereocenters. The molecule has 0 unspecified atom stereocenters. The number of thioether (sulfide) groups is 1. The summed E-state index contributed by atoms with van der Waals surface area (Å²) in [6.45, 7) is 1.75. The fourth-order valence-electron chi connectivity index (χ4n) is 3.20. The molecule has 1 saturated heterocycles. The minimum atomic E-state index is -0.287. The zero-order chi connectivity index (χ0) is 24.8. The Kier molecular flexibility index (Phi) is 7.74. The molecule has 1 fully saturated rings. The minimum absolute atomic E-state index is 0.174. The molecule has 0 spiro atoms. The van der Waals surface area contributed by atoms with Crippen molar-refractivity contribution in [2.45, 2.75) is 6.92 Å². The molecule has 0 aliphatic carbocycles. The highest BCUT2D eigenvalue weighted by atomic mass is 35.5. The van der Waals surface area contributed by atoms with Crippen molar-refractivity contribution in [3.05, 3.63) is 87.8 Å². The average Bonchev–Trinajstić information content (AvgIpc) is 3.19. The Labute approximate surface area is 212 Å². The lowest BCUT2D eigenvalue weighted by atomic mass is 10.2. The van der Waals surface area contributed by atoms with Gasteiger partial charge in [0.25, 0.3) is 11.8 Å². The van der Waals surface area contributed by atoms with E-state index in [0.717, 1.165) is 11.1 Å². The Morgan fingerprint density at radius 1 is 1.11 bits per heavy atom. The molecule has 0 saturated carbocycles. The quantitative estimate of drug-likeness (QED) is 0.408. The van der Waals surface area contributed by atoms with E-state index in [4.69, 9.17) is 21.1 Å². The van der Waals surface area contributed by atoms with Crippen LogP contribution in [-0.4, -0.2) is 30.7 Å². The third-order valence-corrected chi connectivity index (χ3v) is 6.09. The van der Waals surface area contributed by atoms with Crippen LogP contribution in [0.15, 0.2) is 76.6 Å². The van der Waals surface area contributed by atoms with Crippen LogP contribution in [0.3, 0.4) is 0 Å². The number of carbonyl (C=O) groups is 2. The minimum Gasteiger partial charge on any atom is -0.493 e. The Morgan fingerprint density at radius 2 is 1.91 bits per heavy atom. The maximum absolute atomic E-state index is 12.5. The van der Waals surface area contributed by atoms with Crippen LogP contribution in [0.4, 0.5) is 11.4 Å². The normalized spacial score (nSPS) is 15.2. The number of benzene rings is 3. The van der Waals surface area contributed by atoms with Gasteiger partial charge < -0.3 is 20.1 Å². The van der Waals surface area contributed by atoms with E-state index in [0.29, 0.717) is 38.0 Å². The van der Waals surface area contributed by atoms with Gasteiger partial charge in [-0.15, -0.1) is 0 Å². The SMILES string of the molecule is COc1cc(/C=C2\SC(=Nc3cc(Cl)ccc3C)NC2=O)ccc1OCC(=O)Nc1ccccc1. The number of amides is 2. The second-order valence-electron chi connectivity index (χ2n) is 7.53. The van der Waals surface area contributed by atoms with E-state index >= 15 is 0 Å². The zero-order valence-corrected chi connectivity index (χ0v) is 20.6. The molecule has 7 nitrogen and oxygen atoms in total. The molecule has 1 heterocycles. The highest BCUT2D eigenvalue weighted by Gasteiger charge is 2.24. The molecular formula is C26H22ClN3O4S. The van der Waals surface area contributed by atoms with Gasteiger partial charge in [0.15, 0.2) is 23.3 Å². The van der Waals surface area contributed by atoms with Crippen LogP contribution in [0.5, 0.6) is 11.5 Å². The number of rotatable bonds is 7. The van der Waals surface area contributed by atoms with Gasteiger partial charge in [0.2, 0.25) is 0 Å². The van der Waals surface area contributed by atoms with Gasteiger partial charge in [0.1, 0.15) is 0 Å². The number of carbonyl (C=O) groups excluding carboxylic acids is 2. The smallest absolute Gasteiger partial charge is 0.264 e. The predicted octanol–water partition coefficient (Wildman–Crippen LogP) is 5.57. The van der Waals surface area contributed by atoms with Gasteiger partial charge in [-0.2, -0.15) is 0 Å². The molecule has 9 heteroatoms. The fourth-order valence-corrected chi connectivity index (χ4v) is 4.20. The van der Waals surface area contributed by atoms with Gasteiger partial charge in [0, 0.05) is 10.7 Å². The van der Waals surface area contributed by atoms with Crippen LogP contribution < -0.4 is 20.1 Å². The van der Waals surface area contributed by atoms with Crippen molar-refractivity contribution < 1.29 is 19.1 Å². The molecule has 1 aliphatic rings. The van der Waals surface area contributed by atoms with Crippen LogP contribution in [0.25, 0.3) is 6.08 Å². The maximum atomic E-state index is 12.5. The molecule has 0 bridgehead atoms. The first-order valence-corrected chi connectivity index (χ1v) is 11.8. The van der Waals surface area contributed by atoms with Crippen LogP contribution in [0.1, 0.15) is 11.1 Å². The summed E-state index contributed by atoms with van der Waals surface area (Å²) in [5, 5.41) is 6.59. The highest BCUT2D eigenvalue weighted by Crippen LogP contribution is 2.33. The molecular weight excluding hydrogens is 486 g/mol.